The standard InChI is InChI=1S/C29H24ClF3N6O2S/c1-37-23(29(31,32)33)13-24(40)39(27(37)41)14-19-12-22-26(42-19)20(2-6-36-22)21-11-18(30)10-17-3-9-38(25(17)21)16-28(15-34)4-7-35-8-5-28/h2-3,6,9-13,35H,4-5,7-8,14,16H2,1H3/i1D3. The molecule has 0 radical (unpaired) electrons. The maximum absolute atomic E-state index is 13.6. The van der Waals surface area contributed by atoms with Crippen molar-refractivity contribution in [1.82, 2.24) is 24.0 Å². The van der Waals surface area contributed by atoms with Gasteiger partial charge in [0.2, 0.25) is 0 Å². The molecule has 4 aromatic heterocycles. The summed E-state index contributed by atoms with van der Waals surface area (Å²) in [5.74, 6) is 0. The van der Waals surface area contributed by atoms with Crippen LogP contribution < -0.4 is 16.6 Å². The van der Waals surface area contributed by atoms with Crippen molar-refractivity contribution in [3.05, 3.63) is 85.2 Å². The summed E-state index contributed by atoms with van der Waals surface area (Å²) >= 11 is 7.71. The van der Waals surface area contributed by atoms with Gasteiger partial charge >= 0.3 is 11.9 Å². The molecule has 1 aromatic carbocycles. The van der Waals surface area contributed by atoms with E-state index in [1.807, 2.05) is 24.4 Å². The van der Waals surface area contributed by atoms with E-state index in [9.17, 15) is 28.0 Å². The fourth-order valence-corrected chi connectivity index (χ4v) is 6.91. The number of hydrogen-bond donors (Lipinski definition) is 1. The second-order valence-corrected chi connectivity index (χ2v) is 11.9. The van der Waals surface area contributed by atoms with Crippen LogP contribution >= 0.6 is 22.9 Å². The number of rotatable bonds is 5. The van der Waals surface area contributed by atoms with E-state index in [1.165, 1.54) is 11.3 Å². The molecule has 13 heteroatoms. The number of nitriles is 1. The molecule has 1 N–H and O–H groups in total. The van der Waals surface area contributed by atoms with E-state index >= 15 is 0 Å². The zero-order valence-corrected chi connectivity index (χ0v) is 23.4. The average molecular weight is 616 g/mol. The van der Waals surface area contributed by atoms with Crippen molar-refractivity contribution < 1.29 is 17.3 Å². The molecule has 0 aliphatic carbocycles. The zero-order chi connectivity index (χ0) is 32.3. The lowest BCUT2D eigenvalue weighted by Gasteiger charge is -2.32. The number of halogens is 4. The number of aromatic nitrogens is 4. The number of thiophene rings is 1. The first-order valence-electron chi connectivity index (χ1n) is 14.4. The molecular formula is C29H24ClF3N6O2S. The Hall–Kier alpha value is -3.92. The Kier molecular flexibility index (Phi) is 6.11. The monoisotopic (exact) mass is 615 g/mol. The molecule has 42 heavy (non-hydrogen) atoms. The third-order valence-electron chi connectivity index (χ3n) is 7.64. The predicted octanol–water partition coefficient (Wildman–Crippen LogP) is 5.39. The van der Waals surface area contributed by atoms with Crippen LogP contribution in [0.4, 0.5) is 13.2 Å². The minimum Gasteiger partial charge on any atom is -0.345 e. The Morgan fingerprint density at radius 1 is 1.19 bits per heavy atom. The molecule has 0 unspecified atom stereocenters. The molecular weight excluding hydrogens is 589 g/mol. The SMILES string of the molecule is [2H]C([2H])([2H])n1c(C(F)(F)F)cc(=O)n(Cc2cc3nccc(-c4cc(Cl)cc5ccn(CC6(C#N)CCNCC6)c45)c3s2)c1=O. The third-order valence-corrected chi connectivity index (χ3v) is 9.00. The van der Waals surface area contributed by atoms with Gasteiger partial charge in [-0.1, -0.05) is 11.6 Å². The van der Waals surface area contributed by atoms with Crippen molar-refractivity contribution in [2.75, 3.05) is 13.1 Å². The topological polar surface area (TPSA) is 97.6 Å². The van der Waals surface area contributed by atoms with Crippen molar-refractivity contribution in [3.63, 3.8) is 0 Å². The first-order valence-corrected chi connectivity index (χ1v) is 14.1. The van der Waals surface area contributed by atoms with Crippen molar-refractivity contribution in [1.29, 1.82) is 5.26 Å². The number of nitrogens with one attached hydrogen (secondary N) is 1. The summed E-state index contributed by atoms with van der Waals surface area (Å²) in [4.78, 5) is 30.6. The Balaban J connectivity index is 1.47. The number of alkyl halides is 3. The van der Waals surface area contributed by atoms with Crippen molar-refractivity contribution in [2.24, 2.45) is 12.4 Å². The van der Waals surface area contributed by atoms with Crippen LogP contribution in [0.3, 0.4) is 0 Å². The summed E-state index contributed by atoms with van der Waals surface area (Å²) in [5, 5.41) is 14.8. The van der Waals surface area contributed by atoms with Gasteiger partial charge < -0.3 is 9.88 Å². The number of benzene rings is 1. The first kappa shape index (κ1) is 24.7. The fourth-order valence-electron chi connectivity index (χ4n) is 5.55. The van der Waals surface area contributed by atoms with Crippen molar-refractivity contribution in [3.8, 4) is 17.2 Å². The van der Waals surface area contributed by atoms with Gasteiger partial charge in [-0.05, 0) is 56.3 Å². The fraction of sp³-hybridized carbons (Fsp3) is 0.310. The highest BCUT2D eigenvalue weighted by atomic mass is 35.5. The lowest BCUT2D eigenvalue weighted by molar-refractivity contribution is -0.144. The molecule has 1 fully saturated rings. The van der Waals surface area contributed by atoms with E-state index in [2.05, 4.69) is 20.9 Å². The molecule has 0 saturated carbocycles. The van der Waals surface area contributed by atoms with E-state index in [0.29, 0.717) is 44.1 Å². The summed E-state index contributed by atoms with van der Waals surface area (Å²) < 4.78 is 66.1. The second-order valence-electron chi connectivity index (χ2n) is 10.3. The zero-order valence-electron chi connectivity index (χ0n) is 24.8. The predicted molar refractivity (Wildman–Crippen MR) is 156 cm³/mol. The Morgan fingerprint density at radius 2 is 1.98 bits per heavy atom. The highest BCUT2D eigenvalue weighted by Gasteiger charge is 2.35. The van der Waals surface area contributed by atoms with Gasteiger partial charge in [-0.3, -0.25) is 18.9 Å². The molecule has 1 aliphatic rings. The molecule has 0 atom stereocenters. The van der Waals surface area contributed by atoms with Gasteiger partial charge in [0.1, 0.15) is 5.69 Å². The number of fused-ring (bicyclic) bond motifs is 2. The van der Waals surface area contributed by atoms with Gasteiger partial charge in [0.05, 0.1) is 33.8 Å². The lowest BCUT2D eigenvalue weighted by atomic mass is 9.80. The summed E-state index contributed by atoms with van der Waals surface area (Å²) in [5.41, 5.74) is -2.41. The average Bonchev–Trinajstić information content (AvgIpc) is 3.57. The molecule has 0 bridgehead atoms. The minimum absolute atomic E-state index is 0.123. The van der Waals surface area contributed by atoms with Crippen LogP contribution in [0.1, 0.15) is 27.5 Å². The molecule has 216 valence electrons. The Labute approximate surface area is 250 Å². The van der Waals surface area contributed by atoms with E-state index in [0.717, 1.165) is 35.1 Å². The van der Waals surface area contributed by atoms with Gasteiger partial charge in [-0.25, -0.2) is 4.79 Å². The maximum Gasteiger partial charge on any atom is 0.431 e. The Morgan fingerprint density at radius 3 is 2.69 bits per heavy atom. The number of nitrogens with zero attached hydrogens (tertiary/aromatic N) is 5. The van der Waals surface area contributed by atoms with Crippen LogP contribution in [0, 0.1) is 16.7 Å². The molecule has 5 aromatic rings. The van der Waals surface area contributed by atoms with Gasteiger partial charge in [0.15, 0.2) is 0 Å². The van der Waals surface area contributed by atoms with E-state index < -0.39 is 42.1 Å². The Bertz CT molecular complexity index is 2120. The third kappa shape index (κ3) is 4.91. The van der Waals surface area contributed by atoms with Gasteiger partial charge in [-0.15, -0.1) is 11.3 Å². The molecule has 8 nitrogen and oxygen atoms in total. The summed E-state index contributed by atoms with van der Waals surface area (Å²) in [6, 6.07) is 11.6. The first-order chi connectivity index (χ1) is 21.2. The molecule has 6 rings (SSSR count). The van der Waals surface area contributed by atoms with Crippen LogP contribution in [0.25, 0.3) is 32.2 Å². The van der Waals surface area contributed by atoms with Gasteiger partial charge in [0, 0.05) is 62.5 Å². The summed E-state index contributed by atoms with van der Waals surface area (Å²) in [6.45, 7) is -1.98. The number of pyridine rings is 1. The van der Waals surface area contributed by atoms with E-state index in [4.69, 9.17) is 15.7 Å². The quantitative estimate of drug-likeness (QED) is 0.286. The molecule has 0 spiro atoms. The van der Waals surface area contributed by atoms with Crippen molar-refractivity contribution >= 4 is 44.1 Å². The van der Waals surface area contributed by atoms with Crippen molar-refractivity contribution in [2.45, 2.75) is 32.1 Å². The summed E-state index contributed by atoms with van der Waals surface area (Å²) in [6.07, 6.45) is -0.317. The van der Waals surface area contributed by atoms with Crippen LogP contribution in [0.5, 0.6) is 0 Å². The minimum atomic E-state index is -5.23. The highest BCUT2D eigenvalue weighted by molar-refractivity contribution is 7.19. The van der Waals surface area contributed by atoms with E-state index in [-0.39, 0.29) is 10.6 Å². The maximum atomic E-state index is 13.6. The lowest BCUT2D eigenvalue weighted by Crippen LogP contribution is -2.41. The largest absolute Gasteiger partial charge is 0.431 e. The number of hydrogen-bond acceptors (Lipinski definition) is 6. The molecule has 1 aliphatic heterocycles. The smallest absolute Gasteiger partial charge is 0.345 e. The van der Waals surface area contributed by atoms with Crippen LogP contribution in [-0.2, 0) is 26.2 Å². The van der Waals surface area contributed by atoms with Gasteiger partial charge in [0.25, 0.3) is 5.56 Å². The second kappa shape index (κ2) is 10.4. The van der Waals surface area contributed by atoms with E-state index in [1.54, 1.807) is 18.3 Å². The molecule has 1 saturated heterocycles. The summed E-state index contributed by atoms with van der Waals surface area (Å²) in [7, 11) is 0. The normalized spacial score (nSPS) is 16.7. The molecule has 0 amide bonds. The van der Waals surface area contributed by atoms with Crippen LogP contribution in [0.15, 0.2) is 58.4 Å². The van der Waals surface area contributed by atoms with Crippen LogP contribution in [-0.4, -0.2) is 31.8 Å². The van der Waals surface area contributed by atoms with Gasteiger partial charge in [-0.2, -0.15) is 18.4 Å². The number of piperidine rings is 1. The van der Waals surface area contributed by atoms with Crippen LogP contribution in [0.2, 0.25) is 5.02 Å². The molecule has 5 heterocycles. The highest BCUT2D eigenvalue weighted by Crippen LogP contribution is 2.41.